The lowest BCUT2D eigenvalue weighted by molar-refractivity contribution is 0.475. The summed E-state index contributed by atoms with van der Waals surface area (Å²) in [5.74, 6) is 0.574. The minimum absolute atomic E-state index is 0.574. The van der Waals surface area contributed by atoms with Crippen LogP contribution in [0.2, 0.25) is 0 Å². The van der Waals surface area contributed by atoms with Crippen LogP contribution in [-0.4, -0.2) is 32.7 Å². The quantitative estimate of drug-likeness (QED) is 0.871. The molecule has 1 aliphatic rings. The lowest BCUT2D eigenvalue weighted by Gasteiger charge is -2.37. The van der Waals surface area contributed by atoms with Crippen molar-refractivity contribution in [3.05, 3.63) is 48.5 Å². The van der Waals surface area contributed by atoms with Crippen LogP contribution in [-0.2, 0) is 0 Å². The van der Waals surface area contributed by atoms with E-state index in [4.69, 9.17) is 1.43 Å². The predicted molar refractivity (Wildman–Crippen MR) is 101 cm³/mol. The van der Waals surface area contributed by atoms with Gasteiger partial charge in [-0.1, -0.05) is 0 Å². The molecule has 0 amide bonds. The fraction of sp³-hybridized carbons (Fsp3) is 0.250. The number of benzene rings is 2. The summed E-state index contributed by atoms with van der Waals surface area (Å²) < 4.78 is 8.85. The maximum absolute atomic E-state index is 6.90. The zero-order valence-electron chi connectivity index (χ0n) is 13.4. The van der Waals surface area contributed by atoms with Gasteiger partial charge in [-0.05, 0) is 67.3 Å². The second kappa shape index (κ2) is 6.73. The van der Waals surface area contributed by atoms with Crippen molar-refractivity contribution in [1.29, 1.82) is 1.43 Å². The highest BCUT2D eigenvalue weighted by molar-refractivity contribution is 7.39. The molecule has 4 nitrogen and oxygen atoms in total. The molecule has 1 N–H and O–H groups in total. The van der Waals surface area contributed by atoms with E-state index >= 15 is 0 Å². The third-order valence-corrected chi connectivity index (χ3v) is 4.59. The standard InChI is InChI=1S/C16H21N3OP2/c20-16-7-5-14(6-8-16)18-11-9-17(10-12-18)13-1-3-15(4-2-13)19(21)22/h1-8,20H,9-12,21-22H2/i/hD. The molecule has 0 spiro atoms. The van der Waals surface area contributed by atoms with Crippen LogP contribution < -0.4 is 14.2 Å². The van der Waals surface area contributed by atoms with Crippen molar-refractivity contribution in [2.45, 2.75) is 0 Å². The van der Waals surface area contributed by atoms with Gasteiger partial charge in [-0.3, -0.25) is 0 Å². The molecule has 0 bridgehead atoms. The van der Waals surface area contributed by atoms with E-state index in [2.05, 4.69) is 58.0 Å². The second-order valence-corrected chi connectivity index (χ2v) is 7.10. The smallest absolute Gasteiger partial charge is 0.293 e. The molecule has 3 rings (SSSR count). The molecule has 2 unspecified atom stereocenters. The Bertz CT molecular complexity index is 629. The topological polar surface area (TPSA) is 30.0 Å². The molecule has 2 aromatic carbocycles. The SMILES string of the molecule is [2H]Oc1ccc(N2CCN(c3ccc(N(P)P)cc3)CC2)cc1. The van der Waals surface area contributed by atoms with Gasteiger partial charge in [0.25, 0.3) is 1.43 Å². The molecule has 0 aromatic heterocycles. The van der Waals surface area contributed by atoms with Crippen LogP contribution in [0.4, 0.5) is 17.1 Å². The molecule has 1 aliphatic heterocycles. The first-order valence-electron chi connectivity index (χ1n) is 7.71. The highest BCUT2D eigenvalue weighted by atomic mass is 31.1. The van der Waals surface area contributed by atoms with Crippen molar-refractivity contribution >= 4 is 35.8 Å². The Labute approximate surface area is 137 Å². The Kier molecular flexibility index (Phi) is 4.32. The van der Waals surface area contributed by atoms with Gasteiger partial charge in [0, 0.05) is 43.2 Å². The predicted octanol–water partition coefficient (Wildman–Crippen LogP) is 3.11. The van der Waals surface area contributed by atoms with Crippen LogP contribution in [0.5, 0.6) is 5.75 Å². The molecule has 0 saturated carbocycles. The van der Waals surface area contributed by atoms with E-state index in [0.717, 1.165) is 31.9 Å². The summed E-state index contributed by atoms with van der Waals surface area (Å²) in [6, 6.07) is 16.3. The van der Waals surface area contributed by atoms with Crippen molar-refractivity contribution in [3.8, 4) is 5.75 Å². The van der Waals surface area contributed by atoms with Crippen LogP contribution in [0, 0.1) is 0 Å². The Morgan fingerprint density at radius 2 is 1.27 bits per heavy atom. The van der Waals surface area contributed by atoms with Crippen molar-refractivity contribution in [2.75, 3.05) is 40.4 Å². The number of hydrogen-bond acceptors (Lipinski definition) is 4. The first kappa shape index (κ1) is 14.1. The van der Waals surface area contributed by atoms with Gasteiger partial charge >= 0.3 is 0 Å². The largest absolute Gasteiger partial charge is 0.508 e. The van der Waals surface area contributed by atoms with E-state index < -0.39 is 0 Å². The summed E-state index contributed by atoms with van der Waals surface area (Å²) in [4.78, 5) is 4.78. The molecular weight excluding hydrogens is 312 g/mol. The number of anilines is 3. The van der Waals surface area contributed by atoms with Gasteiger partial charge in [0.2, 0.25) is 0 Å². The monoisotopic (exact) mass is 334 g/mol. The Balaban J connectivity index is 1.61. The highest BCUT2D eigenvalue weighted by Gasteiger charge is 2.17. The lowest BCUT2D eigenvalue weighted by Crippen LogP contribution is -2.46. The second-order valence-electron chi connectivity index (χ2n) is 5.39. The van der Waals surface area contributed by atoms with Gasteiger partial charge < -0.3 is 19.3 Å². The van der Waals surface area contributed by atoms with Crippen LogP contribution in [0.15, 0.2) is 48.5 Å². The molecular formula is C16H21N3OP2. The number of phenols is 1. The minimum atomic E-state index is 0.574. The Morgan fingerprint density at radius 3 is 1.68 bits per heavy atom. The van der Waals surface area contributed by atoms with Gasteiger partial charge in [0.1, 0.15) is 5.75 Å². The zero-order chi connectivity index (χ0) is 16.2. The molecule has 2 atom stereocenters. The fourth-order valence-corrected chi connectivity index (χ4v) is 3.06. The third-order valence-electron chi connectivity index (χ3n) is 3.99. The van der Waals surface area contributed by atoms with Gasteiger partial charge in [0.05, 0.1) is 0 Å². The van der Waals surface area contributed by atoms with Crippen molar-refractivity contribution in [2.24, 2.45) is 0 Å². The first-order valence-corrected chi connectivity index (χ1v) is 8.33. The molecule has 1 saturated heterocycles. The van der Waals surface area contributed by atoms with E-state index in [1.54, 1.807) is 0 Å². The number of aromatic hydroxyl groups is 1. The normalized spacial score (nSPS) is 15.5. The van der Waals surface area contributed by atoms with Crippen LogP contribution in [0.25, 0.3) is 0 Å². The zero-order valence-corrected chi connectivity index (χ0v) is 14.7. The van der Waals surface area contributed by atoms with E-state index in [0.29, 0.717) is 5.75 Å². The molecule has 22 heavy (non-hydrogen) atoms. The van der Waals surface area contributed by atoms with E-state index in [9.17, 15) is 0 Å². The van der Waals surface area contributed by atoms with E-state index in [1.165, 1.54) is 11.4 Å². The summed E-state index contributed by atoms with van der Waals surface area (Å²) >= 11 is 0. The summed E-state index contributed by atoms with van der Waals surface area (Å²) in [5.41, 5.74) is 3.60. The molecule has 0 aliphatic carbocycles. The van der Waals surface area contributed by atoms with Crippen molar-refractivity contribution in [1.82, 2.24) is 0 Å². The van der Waals surface area contributed by atoms with Gasteiger partial charge in [-0.15, -0.1) is 0 Å². The molecule has 116 valence electrons. The van der Waals surface area contributed by atoms with Crippen molar-refractivity contribution < 1.29 is 5.11 Å². The molecule has 1 heterocycles. The molecule has 6 heteroatoms. The van der Waals surface area contributed by atoms with Crippen LogP contribution >= 0.6 is 18.8 Å². The average molecular weight is 334 g/mol. The Hall–Kier alpha value is -1.50. The summed E-state index contributed by atoms with van der Waals surface area (Å²) in [6.07, 6.45) is 0. The number of phenolic OH excluding ortho intramolecular Hbond substituents is 1. The summed E-state index contributed by atoms with van der Waals surface area (Å²) in [5, 5.41) is 4.47. The number of rotatable bonds is 4. The molecule has 0 radical (unpaired) electrons. The number of nitrogens with zero attached hydrogens (tertiary/aromatic N) is 3. The third kappa shape index (κ3) is 3.45. The fourth-order valence-electron chi connectivity index (χ4n) is 2.72. The van der Waals surface area contributed by atoms with Crippen molar-refractivity contribution in [3.63, 3.8) is 0 Å². The molecule has 1 fully saturated rings. The minimum Gasteiger partial charge on any atom is -0.508 e. The molecule has 2 aromatic rings. The Morgan fingerprint density at radius 1 is 0.818 bits per heavy atom. The summed E-state index contributed by atoms with van der Waals surface area (Å²) in [7, 11) is 5.27. The van der Waals surface area contributed by atoms with Crippen LogP contribution in [0.3, 0.4) is 0 Å². The van der Waals surface area contributed by atoms with Gasteiger partial charge in [-0.2, -0.15) is 0 Å². The van der Waals surface area contributed by atoms with E-state index in [-0.39, 0.29) is 0 Å². The maximum Gasteiger partial charge on any atom is 0.293 e. The lowest BCUT2D eigenvalue weighted by atomic mass is 10.2. The van der Waals surface area contributed by atoms with Gasteiger partial charge in [-0.25, -0.2) is 0 Å². The van der Waals surface area contributed by atoms with E-state index in [1.807, 2.05) is 28.7 Å². The first-order chi connectivity index (χ1) is 11.2. The maximum atomic E-state index is 6.90. The summed E-state index contributed by atoms with van der Waals surface area (Å²) in [6.45, 7) is 3.98. The van der Waals surface area contributed by atoms with Gasteiger partial charge in [0.15, 0.2) is 0 Å². The number of piperazine rings is 1. The number of hydrogen-bond donors (Lipinski definition) is 1. The highest BCUT2D eigenvalue weighted by Crippen LogP contribution is 2.27. The average Bonchev–Trinajstić information content (AvgIpc) is 2.62. The van der Waals surface area contributed by atoms with Crippen LogP contribution in [0.1, 0.15) is 0 Å².